The predicted molar refractivity (Wildman–Crippen MR) is 113 cm³/mol. The number of Topliss-reactive ketones (excluding diaryl/α,β-unsaturated/α-hetero) is 1. The molecule has 4 rings (SSSR count). The molecule has 2 aromatic carbocycles. The molecule has 0 aromatic heterocycles. The molecule has 0 N–H and O–H groups in total. The molecule has 1 aliphatic carbocycles. The van der Waals surface area contributed by atoms with Crippen LogP contribution in [0.1, 0.15) is 36.0 Å². The van der Waals surface area contributed by atoms with E-state index in [1.54, 1.807) is 42.5 Å². The third-order valence-corrected chi connectivity index (χ3v) is 6.29. The Morgan fingerprint density at radius 1 is 1.03 bits per heavy atom. The highest BCUT2D eigenvalue weighted by Gasteiger charge is 2.49. The van der Waals surface area contributed by atoms with Crippen molar-refractivity contribution in [1.82, 2.24) is 0 Å². The first-order valence-electron chi connectivity index (χ1n) is 9.54. The Balaban J connectivity index is 1.58. The summed E-state index contributed by atoms with van der Waals surface area (Å²) in [7, 11) is 0. The maximum absolute atomic E-state index is 12.9. The number of benzene rings is 2. The Kier molecular flexibility index (Phi) is 5.74. The Hall–Kier alpha value is -2.18. The zero-order chi connectivity index (χ0) is 20.5. The summed E-state index contributed by atoms with van der Waals surface area (Å²) in [5.41, 5.74) is 0.827. The van der Waals surface area contributed by atoms with E-state index >= 15 is 0 Å². The fourth-order valence-electron chi connectivity index (χ4n) is 4.05. The summed E-state index contributed by atoms with van der Waals surface area (Å²) in [5.74, 6) is -0.858. The highest BCUT2D eigenvalue weighted by molar-refractivity contribution is 9.10. The molecule has 1 saturated carbocycles. The van der Waals surface area contributed by atoms with Gasteiger partial charge in [-0.15, -0.1) is 0 Å². The van der Waals surface area contributed by atoms with Gasteiger partial charge in [-0.1, -0.05) is 52.5 Å². The molecular formula is C22H19BrClNO4. The summed E-state index contributed by atoms with van der Waals surface area (Å²) in [6, 6.07) is 11.7. The van der Waals surface area contributed by atoms with Crippen molar-refractivity contribution < 1.29 is 19.1 Å². The number of ketones is 1. The van der Waals surface area contributed by atoms with Crippen LogP contribution in [-0.2, 0) is 9.59 Å². The topological polar surface area (TPSA) is 63.7 Å². The third kappa shape index (κ3) is 3.96. The van der Waals surface area contributed by atoms with Crippen LogP contribution >= 0.6 is 27.5 Å². The Bertz CT molecular complexity index is 951. The molecule has 5 nitrogen and oxygen atoms in total. The van der Waals surface area contributed by atoms with E-state index in [1.807, 2.05) is 0 Å². The number of carbonyl (C=O) groups is 3. The van der Waals surface area contributed by atoms with E-state index in [2.05, 4.69) is 15.9 Å². The number of amides is 2. The van der Waals surface area contributed by atoms with Gasteiger partial charge in [0, 0.05) is 15.1 Å². The molecule has 1 aliphatic heterocycles. The lowest BCUT2D eigenvalue weighted by Crippen LogP contribution is -2.31. The predicted octanol–water partition coefficient (Wildman–Crippen LogP) is 5.04. The van der Waals surface area contributed by atoms with E-state index in [0.29, 0.717) is 22.0 Å². The standard InChI is InChI=1S/C22H19BrClNO4/c23-14-7-5-13(6-8-14)19(26)12-29-20-10-9-15(24)11-18(20)25-21(27)16-3-1-2-4-17(16)22(25)28/h5-11,16-17H,1-4,12H2/t16-,17-/m0/s1. The monoisotopic (exact) mass is 475 g/mol. The van der Waals surface area contributed by atoms with E-state index in [-0.39, 0.29) is 36.0 Å². The normalized spacial score (nSPS) is 21.2. The van der Waals surface area contributed by atoms with Crippen LogP contribution in [0, 0.1) is 11.8 Å². The lowest BCUT2D eigenvalue weighted by Gasteiger charge is -2.19. The number of imide groups is 1. The molecule has 2 atom stereocenters. The van der Waals surface area contributed by atoms with Crippen molar-refractivity contribution in [3.8, 4) is 5.75 Å². The molecule has 2 aromatic rings. The number of ether oxygens (including phenoxy) is 1. The molecule has 2 fully saturated rings. The van der Waals surface area contributed by atoms with Gasteiger partial charge < -0.3 is 4.74 Å². The number of halogens is 2. The van der Waals surface area contributed by atoms with Crippen molar-refractivity contribution >= 4 is 50.8 Å². The molecule has 1 saturated heterocycles. The summed E-state index contributed by atoms with van der Waals surface area (Å²) in [6.07, 6.45) is 3.36. The summed E-state index contributed by atoms with van der Waals surface area (Å²) in [5, 5.41) is 0.391. The van der Waals surface area contributed by atoms with E-state index < -0.39 is 0 Å². The zero-order valence-electron chi connectivity index (χ0n) is 15.6. The van der Waals surface area contributed by atoms with Gasteiger partial charge in [-0.3, -0.25) is 14.4 Å². The highest BCUT2D eigenvalue weighted by atomic mass is 79.9. The van der Waals surface area contributed by atoms with Crippen molar-refractivity contribution in [2.75, 3.05) is 11.5 Å². The van der Waals surface area contributed by atoms with Crippen LogP contribution in [-0.4, -0.2) is 24.2 Å². The SMILES string of the molecule is O=C(COc1ccc(Cl)cc1N1C(=O)[C@H]2CCCC[C@@H]2C1=O)c1ccc(Br)cc1. The summed E-state index contributed by atoms with van der Waals surface area (Å²) in [6.45, 7) is -0.209. The van der Waals surface area contributed by atoms with Gasteiger partial charge in [0.1, 0.15) is 5.75 Å². The molecule has 2 amide bonds. The molecule has 29 heavy (non-hydrogen) atoms. The van der Waals surface area contributed by atoms with Gasteiger partial charge in [0.15, 0.2) is 12.4 Å². The van der Waals surface area contributed by atoms with Gasteiger partial charge in [-0.05, 0) is 43.2 Å². The number of nitrogens with zero attached hydrogens (tertiary/aromatic N) is 1. The third-order valence-electron chi connectivity index (χ3n) is 5.53. The number of hydrogen-bond acceptors (Lipinski definition) is 4. The summed E-state index contributed by atoms with van der Waals surface area (Å²) in [4.78, 5) is 39.5. The van der Waals surface area contributed by atoms with Crippen LogP contribution in [0.5, 0.6) is 5.75 Å². The van der Waals surface area contributed by atoms with E-state index in [9.17, 15) is 14.4 Å². The van der Waals surface area contributed by atoms with Crippen molar-refractivity contribution in [1.29, 1.82) is 0 Å². The largest absolute Gasteiger partial charge is 0.483 e. The Labute approximate surface area is 182 Å². The Morgan fingerprint density at radius 3 is 2.28 bits per heavy atom. The first-order chi connectivity index (χ1) is 14.0. The highest BCUT2D eigenvalue weighted by Crippen LogP contribution is 2.43. The van der Waals surface area contributed by atoms with Gasteiger partial charge in [-0.25, -0.2) is 4.90 Å². The van der Waals surface area contributed by atoms with Crippen LogP contribution < -0.4 is 9.64 Å². The van der Waals surface area contributed by atoms with Crippen molar-refractivity contribution in [2.45, 2.75) is 25.7 Å². The zero-order valence-corrected chi connectivity index (χ0v) is 17.9. The minimum absolute atomic E-state index is 0.203. The fourth-order valence-corrected chi connectivity index (χ4v) is 4.48. The maximum atomic E-state index is 12.9. The molecule has 0 bridgehead atoms. The number of anilines is 1. The minimum atomic E-state index is -0.271. The van der Waals surface area contributed by atoms with Crippen LogP contribution in [0.2, 0.25) is 5.02 Å². The first kappa shape index (κ1) is 20.1. The molecule has 2 aliphatic rings. The molecule has 0 radical (unpaired) electrons. The maximum Gasteiger partial charge on any atom is 0.237 e. The number of hydrogen-bond donors (Lipinski definition) is 0. The average Bonchev–Trinajstić information content (AvgIpc) is 2.98. The van der Waals surface area contributed by atoms with Gasteiger partial charge in [-0.2, -0.15) is 0 Å². The number of rotatable bonds is 5. The van der Waals surface area contributed by atoms with Crippen LogP contribution in [0.25, 0.3) is 0 Å². The van der Waals surface area contributed by atoms with Gasteiger partial charge in [0.25, 0.3) is 0 Å². The second-order valence-electron chi connectivity index (χ2n) is 7.34. The fraction of sp³-hybridized carbons (Fsp3) is 0.318. The molecule has 7 heteroatoms. The summed E-state index contributed by atoms with van der Waals surface area (Å²) < 4.78 is 6.61. The van der Waals surface area contributed by atoms with Crippen LogP contribution in [0.4, 0.5) is 5.69 Å². The van der Waals surface area contributed by atoms with E-state index in [4.69, 9.17) is 16.3 Å². The quantitative estimate of drug-likeness (QED) is 0.448. The van der Waals surface area contributed by atoms with Gasteiger partial charge >= 0.3 is 0 Å². The lowest BCUT2D eigenvalue weighted by molar-refractivity contribution is -0.122. The molecular weight excluding hydrogens is 458 g/mol. The molecule has 150 valence electrons. The Morgan fingerprint density at radius 2 is 1.66 bits per heavy atom. The van der Waals surface area contributed by atoms with E-state index in [0.717, 1.165) is 30.2 Å². The number of fused-ring (bicyclic) bond motifs is 1. The minimum Gasteiger partial charge on any atom is -0.483 e. The molecule has 0 spiro atoms. The van der Waals surface area contributed by atoms with E-state index in [1.165, 1.54) is 4.90 Å². The smallest absolute Gasteiger partial charge is 0.237 e. The summed E-state index contributed by atoms with van der Waals surface area (Å²) >= 11 is 9.48. The van der Waals surface area contributed by atoms with Crippen molar-refractivity contribution in [3.63, 3.8) is 0 Å². The van der Waals surface area contributed by atoms with Crippen molar-refractivity contribution in [2.24, 2.45) is 11.8 Å². The van der Waals surface area contributed by atoms with Gasteiger partial charge in [0.2, 0.25) is 11.8 Å². The first-order valence-corrected chi connectivity index (χ1v) is 10.7. The second-order valence-corrected chi connectivity index (χ2v) is 8.69. The van der Waals surface area contributed by atoms with Crippen molar-refractivity contribution in [3.05, 3.63) is 57.5 Å². The molecule has 0 unspecified atom stereocenters. The lowest BCUT2D eigenvalue weighted by atomic mass is 9.81. The average molecular weight is 477 g/mol. The number of carbonyl (C=O) groups excluding carboxylic acids is 3. The van der Waals surface area contributed by atoms with Crippen LogP contribution in [0.15, 0.2) is 46.9 Å². The van der Waals surface area contributed by atoms with Gasteiger partial charge in [0.05, 0.1) is 17.5 Å². The molecule has 1 heterocycles. The van der Waals surface area contributed by atoms with Crippen LogP contribution in [0.3, 0.4) is 0 Å². The second kappa shape index (κ2) is 8.28.